The summed E-state index contributed by atoms with van der Waals surface area (Å²) < 4.78 is 77.2. The number of aliphatic hydroxyl groups is 1. The van der Waals surface area contributed by atoms with Crippen molar-refractivity contribution in [1.82, 2.24) is 0 Å². The second-order valence-corrected chi connectivity index (χ2v) is 5.76. The molecule has 120 valence electrons. The molecular formula is C13H15F6NO. The van der Waals surface area contributed by atoms with Gasteiger partial charge in [-0.05, 0) is 23.1 Å². The molecule has 1 aromatic rings. The molecule has 1 aromatic carbocycles. The van der Waals surface area contributed by atoms with E-state index in [1.807, 2.05) is 0 Å². The Morgan fingerprint density at radius 3 is 1.67 bits per heavy atom. The molecule has 8 heteroatoms. The van der Waals surface area contributed by atoms with E-state index >= 15 is 0 Å². The average molecular weight is 315 g/mol. The van der Waals surface area contributed by atoms with Crippen molar-refractivity contribution >= 4 is 5.69 Å². The van der Waals surface area contributed by atoms with Gasteiger partial charge >= 0.3 is 12.4 Å². The molecule has 0 amide bonds. The third-order valence-electron chi connectivity index (χ3n) is 3.13. The van der Waals surface area contributed by atoms with Crippen molar-refractivity contribution in [3.05, 3.63) is 29.3 Å². The molecule has 0 bridgehead atoms. The first-order valence-corrected chi connectivity index (χ1v) is 5.88. The number of benzene rings is 1. The molecule has 0 aliphatic rings. The summed E-state index contributed by atoms with van der Waals surface area (Å²) in [5, 5.41) is 9.40. The van der Waals surface area contributed by atoms with Crippen molar-refractivity contribution in [2.45, 2.75) is 44.1 Å². The maximum Gasteiger partial charge on any atom is 0.430 e. The van der Waals surface area contributed by atoms with Crippen molar-refractivity contribution in [1.29, 1.82) is 0 Å². The summed E-state index contributed by atoms with van der Waals surface area (Å²) in [7, 11) is 0. The molecule has 0 aliphatic heterocycles. The van der Waals surface area contributed by atoms with Crippen LogP contribution in [0.25, 0.3) is 0 Å². The molecule has 0 aliphatic carbocycles. The molecule has 2 nitrogen and oxygen atoms in total. The van der Waals surface area contributed by atoms with Gasteiger partial charge in [0.2, 0.25) is 0 Å². The average Bonchev–Trinajstić information content (AvgIpc) is 2.23. The molecule has 0 saturated heterocycles. The molecule has 0 saturated carbocycles. The lowest BCUT2D eigenvalue weighted by Gasteiger charge is -2.34. The van der Waals surface area contributed by atoms with Crippen LogP contribution in [0.3, 0.4) is 0 Å². The predicted octanol–water partition coefficient (Wildman–Crippen LogP) is 3.88. The summed E-state index contributed by atoms with van der Waals surface area (Å²) in [4.78, 5) is 0. The lowest BCUT2D eigenvalue weighted by Crippen LogP contribution is -2.54. The van der Waals surface area contributed by atoms with Gasteiger partial charge in [0.1, 0.15) is 0 Å². The van der Waals surface area contributed by atoms with Crippen LogP contribution in [0.2, 0.25) is 0 Å². The fourth-order valence-corrected chi connectivity index (χ4v) is 1.80. The van der Waals surface area contributed by atoms with Crippen molar-refractivity contribution < 1.29 is 31.4 Å². The van der Waals surface area contributed by atoms with Gasteiger partial charge in [0.25, 0.3) is 5.60 Å². The van der Waals surface area contributed by atoms with E-state index in [9.17, 15) is 31.4 Å². The molecule has 0 heterocycles. The SMILES string of the molecule is CC(C)(C)c1ccc(N)c(C(O)(C(F)(F)F)C(F)(F)F)c1. The van der Waals surface area contributed by atoms with E-state index in [2.05, 4.69) is 0 Å². The van der Waals surface area contributed by atoms with Gasteiger partial charge in [-0.25, -0.2) is 0 Å². The Hall–Kier alpha value is -1.44. The quantitative estimate of drug-likeness (QED) is 0.610. The molecular weight excluding hydrogens is 300 g/mol. The highest BCUT2D eigenvalue weighted by atomic mass is 19.4. The van der Waals surface area contributed by atoms with E-state index < -0.39 is 34.6 Å². The molecule has 3 N–H and O–H groups in total. The molecule has 21 heavy (non-hydrogen) atoms. The summed E-state index contributed by atoms with van der Waals surface area (Å²) >= 11 is 0. The summed E-state index contributed by atoms with van der Waals surface area (Å²) in [6, 6.07) is 2.90. The molecule has 0 unspecified atom stereocenters. The normalized spacial score (nSPS) is 14.4. The number of hydrogen-bond donors (Lipinski definition) is 2. The molecule has 1 rings (SSSR count). The fraction of sp³-hybridized carbons (Fsp3) is 0.538. The lowest BCUT2D eigenvalue weighted by molar-refractivity contribution is -0.376. The Bertz CT molecular complexity index is 513. The summed E-state index contributed by atoms with van der Waals surface area (Å²) in [5.41, 5.74) is -2.46. The largest absolute Gasteiger partial charge is 0.430 e. The summed E-state index contributed by atoms with van der Waals surface area (Å²) in [6.45, 7) is 4.84. The summed E-state index contributed by atoms with van der Waals surface area (Å²) in [6.07, 6.45) is -11.9. The number of nitrogen functional groups attached to an aromatic ring is 1. The van der Waals surface area contributed by atoms with E-state index in [0.717, 1.165) is 6.07 Å². The number of halogens is 6. The van der Waals surface area contributed by atoms with Crippen LogP contribution in [0.5, 0.6) is 0 Å². The van der Waals surface area contributed by atoms with Gasteiger partial charge in [-0.2, -0.15) is 26.3 Å². The zero-order valence-electron chi connectivity index (χ0n) is 11.5. The van der Waals surface area contributed by atoms with E-state index in [-0.39, 0.29) is 5.56 Å². The first kappa shape index (κ1) is 17.6. The van der Waals surface area contributed by atoms with Crippen LogP contribution in [-0.4, -0.2) is 17.5 Å². The smallest absolute Gasteiger partial charge is 0.398 e. The van der Waals surface area contributed by atoms with Crippen LogP contribution >= 0.6 is 0 Å². The lowest BCUT2D eigenvalue weighted by atomic mass is 9.82. The first-order chi connectivity index (χ1) is 9.12. The minimum atomic E-state index is -5.95. The maximum atomic E-state index is 12.9. The van der Waals surface area contributed by atoms with Crippen molar-refractivity contribution in [2.75, 3.05) is 5.73 Å². The standard InChI is InChI=1S/C13H15F6NO/c1-10(2,3)7-4-5-9(20)8(6-7)11(21,12(14,15)16)13(17,18)19/h4-6,21H,20H2,1-3H3. The monoisotopic (exact) mass is 315 g/mol. The zero-order chi connectivity index (χ0) is 16.9. The van der Waals surface area contributed by atoms with E-state index in [1.54, 1.807) is 20.8 Å². The Balaban J connectivity index is 3.69. The minimum absolute atomic E-state index is 0.193. The number of hydrogen-bond acceptors (Lipinski definition) is 2. The topological polar surface area (TPSA) is 46.2 Å². The van der Waals surface area contributed by atoms with E-state index in [1.165, 1.54) is 6.07 Å². The van der Waals surface area contributed by atoms with Gasteiger partial charge in [-0.3, -0.25) is 0 Å². The first-order valence-electron chi connectivity index (χ1n) is 5.88. The summed E-state index contributed by atoms with van der Waals surface area (Å²) in [5.74, 6) is 0. The molecule has 0 spiro atoms. The predicted molar refractivity (Wildman–Crippen MR) is 65.6 cm³/mol. The van der Waals surface area contributed by atoms with Crippen LogP contribution in [0.1, 0.15) is 31.9 Å². The van der Waals surface area contributed by atoms with Gasteiger partial charge in [0.05, 0.1) is 0 Å². The molecule has 0 atom stereocenters. The second-order valence-electron chi connectivity index (χ2n) is 5.76. The van der Waals surface area contributed by atoms with Gasteiger partial charge < -0.3 is 10.8 Å². The van der Waals surface area contributed by atoms with Crippen molar-refractivity contribution in [2.24, 2.45) is 0 Å². The Morgan fingerprint density at radius 1 is 0.905 bits per heavy atom. The Labute approximate surface area is 117 Å². The number of rotatable bonds is 1. The van der Waals surface area contributed by atoms with E-state index in [4.69, 9.17) is 5.73 Å². The zero-order valence-corrected chi connectivity index (χ0v) is 11.5. The van der Waals surface area contributed by atoms with Gasteiger partial charge in [-0.1, -0.05) is 26.8 Å². The molecule has 0 radical (unpaired) electrons. The fourth-order valence-electron chi connectivity index (χ4n) is 1.80. The van der Waals surface area contributed by atoms with Crippen LogP contribution < -0.4 is 5.73 Å². The molecule has 0 fully saturated rings. The second kappa shape index (κ2) is 4.79. The van der Waals surface area contributed by atoms with Crippen molar-refractivity contribution in [3.63, 3.8) is 0 Å². The minimum Gasteiger partial charge on any atom is -0.398 e. The number of alkyl halides is 6. The van der Waals surface area contributed by atoms with Crippen LogP contribution in [0.4, 0.5) is 32.0 Å². The van der Waals surface area contributed by atoms with Crippen LogP contribution in [0.15, 0.2) is 18.2 Å². The maximum absolute atomic E-state index is 12.9. The molecule has 0 aromatic heterocycles. The van der Waals surface area contributed by atoms with Gasteiger partial charge in [0, 0.05) is 11.3 Å². The number of nitrogens with two attached hydrogens (primary N) is 1. The third-order valence-corrected chi connectivity index (χ3v) is 3.13. The third kappa shape index (κ3) is 2.95. The van der Waals surface area contributed by atoms with Crippen LogP contribution in [0, 0.1) is 0 Å². The highest BCUT2D eigenvalue weighted by molar-refractivity contribution is 5.54. The van der Waals surface area contributed by atoms with E-state index in [0.29, 0.717) is 6.07 Å². The number of anilines is 1. The highest BCUT2D eigenvalue weighted by Gasteiger charge is 2.72. The Morgan fingerprint density at radius 2 is 1.33 bits per heavy atom. The highest BCUT2D eigenvalue weighted by Crippen LogP contribution is 2.52. The van der Waals surface area contributed by atoms with Gasteiger partial charge in [-0.15, -0.1) is 0 Å². The van der Waals surface area contributed by atoms with Gasteiger partial charge in [0.15, 0.2) is 0 Å². The van der Waals surface area contributed by atoms with Crippen molar-refractivity contribution in [3.8, 4) is 0 Å². The van der Waals surface area contributed by atoms with Crippen LogP contribution in [-0.2, 0) is 11.0 Å². The Kier molecular flexibility index (Phi) is 4.02.